The van der Waals surface area contributed by atoms with Crippen LogP contribution in [0.15, 0.2) is 0 Å². The lowest BCUT2D eigenvalue weighted by Crippen LogP contribution is -2.28. The van der Waals surface area contributed by atoms with Crippen LogP contribution in [0.3, 0.4) is 0 Å². The van der Waals surface area contributed by atoms with E-state index in [0.29, 0.717) is 5.37 Å². The number of hydrogen-bond acceptors (Lipinski definition) is 2. The molecule has 9 heavy (non-hydrogen) atoms. The minimum atomic E-state index is 0.484. The Morgan fingerprint density at radius 2 is 2.00 bits per heavy atom. The maximum absolute atomic E-state index is 4.38. The van der Waals surface area contributed by atoms with E-state index in [1.165, 1.54) is 19.5 Å². The molecule has 2 rings (SSSR count). The average molecular weight is 143 g/mol. The highest BCUT2D eigenvalue weighted by molar-refractivity contribution is 7.80. The second kappa shape index (κ2) is 1.89. The lowest BCUT2D eigenvalue weighted by molar-refractivity contribution is 0.300. The van der Waals surface area contributed by atoms with Gasteiger partial charge in [0.25, 0.3) is 0 Å². The third-order valence-corrected chi connectivity index (χ3v) is 2.86. The molecule has 2 heteroatoms. The number of nitrogens with zero attached hydrogens (tertiary/aromatic N) is 1. The monoisotopic (exact) mass is 143 g/mol. The van der Waals surface area contributed by atoms with Crippen molar-refractivity contribution in [3.05, 3.63) is 0 Å². The van der Waals surface area contributed by atoms with Gasteiger partial charge in [-0.25, -0.2) is 0 Å². The minimum Gasteiger partial charge on any atom is -0.291 e. The number of rotatable bonds is 1. The van der Waals surface area contributed by atoms with Gasteiger partial charge in [0.2, 0.25) is 0 Å². The molecule has 0 spiro atoms. The molecule has 2 fully saturated rings. The van der Waals surface area contributed by atoms with Crippen molar-refractivity contribution in [1.29, 1.82) is 0 Å². The van der Waals surface area contributed by atoms with Crippen LogP contribution in [0.5, 0.6) is 0 Å². The Bertz CT molecular complexity index is 114. The van der Waals surface area contributed by atoms with Crippen molar-refractivity contribution < 1.29 is 0 Å². The fourth-order valence-electron chi connectivity index (χ4n) is 1.74. The number of piperidine rings is 1. The lowest BCUT2D eigenvalue weighted by Gasteiger charge is -2.20. The average Bonchev–Trinajstić information content (AvgIpc) is 2.40. The summed E-state index contributed by atoms with van der Waals surface area (Å²) in [7, 11) is 0. The van der Waals surface area contributed by atoms with Gasteiger partial charge < -0.3 is 0 Å². The van der Waals surface area contributed by atoms with Crippen LogP contribution in [0.25, 0.3) is 0 Å². The molecule has 0 aromatic rings. The molecule has 0 radical (unpaired) electrons. The van der Waals surface area contributed by atoms with Gasteiger partial charge in [-0.2, -0.15) is 12.6 Å². The SMILES string of the molecule is CC(S)N1CC2CC2C1. The number of hydrogen-bond donors (Lipinski definition) is 1. The van der Waals surface area contributed by atoms with Crippen LogP contribution in [0.4, 0.5) is 0 Å². The summed E-state index contributed by atoms with van der Waals surface area (Å²) in [5, 5.41) is 0.484. The predicted octanol–water partition coefficient (Wildman–Crippen LogP) is 1.21. The van der Waals surface area contributed by atoms with Gasteiger partial charge in [-0.1, -0.05) is 0 Å². The highest BCUT2D eigenvalue weighted by atomic mass is 32.1. The molecule has 0 bridgehead atoms. The highest BCUT2D eigenvalue weighted by Gasteiger charge is 2.45. The van der Waals surface area contributed by atoms with Gasteiger partial charge in [-0.3, -0.25) is 4.90 Å². The first-order valence-corrected chi connectivity index (χ1v) is 4.21. The van der Waals surface area contributed by atoms with Crippen molar-refractivity contribution in [1.82, 2.24) is 4.90 Å². The first kappa shape index (κ1) is 6.05. The van der Waals surface area contributed by atoms with E-state index in [4.69, 9.17) is 0 Å². The van der Waals surface area contributed by atoms with Gasteiger partial charge in [0.05, 0.1) is 0 Å². The van der Waals surface area contributed by atoms with Crippen molar-refractivity contribution in [2.75, 3.05) is 13.1 Å². The Morgan fingerprint density at radius 1 is 1.44 bits per heavy atom. The van der Waals surface area contributed by atoms with E-state index in [2.05, 4.69) is 24.5 Å². The molecule has 2 aliphatic rings. The van der Waals surface area contributed by atoms with E-state index in [9.17, 15) is 0 Å². The molecule has 1 nitrogen and oxygen atoms in total. The first-order valence-electron chi connectivity index (χ1n) is 3.69. The van der Waals surface area contributed by atoms with Gasteiger partial charge in [0.1, 0.15) is 0 Å². The molecule has 1 aliphatic carbocycles. The first-order chi connectivity index (χ1) is 4.27. The molecular weight excluding hydrogens is 130 g/mol. The quantitative estimate of drug-likeness (QED) is 0.540. The maximum Gasteiger partial charge on any atom is 0.0499 e. The minimum absolute atomic E-state index is 0.484. The van der Waals surface area contributed by atoms with Gasteiger partial charge in [-0.15, -0.1) is 0 Å². The molecular formula is C7H13NS. The summed E-state index contributed by atoms with van der Waals surface area (Å²) in [6.45, 7) is 4.79. The van der Waals surface area contributed by atoms with E-state index in [1.807, 2.05) is 0 Å². The summed E-state index contributed by atoms with van der Waals surface area (Å²) in [6, 6.07) is 0. The number of thiol groups is 1. The highest BCUT2D eigenvalue weighted by Crippen LogP contribution is 2.45. The molecule has 3 unspecified atom stereocenters. The molecule has 1 aliphatic heterocycles. The third-order valence-electron chi connectivity index (χ3n) is 2.54. The second-order valence-electron chi connectivity index (χ2n) is 3.34. The van der Waals surface area contributed by atoms with Gasteiger partial charge in [0.15, 0.2) is 0 Å². The molecule has 52 valence electrons. The summed E-state index contributed by atoms with van der Waals surface area (Å²) < 4.78 is 0. The van der Waals surface area contributed by atoms with Crippen molar-refractivity contribution in [3.63, 3.8) is 0 Å². The topological polar surface area (TPSA) is 3.24 Å². The number of likely N-dealkylation sites (tertiary alicyclic amines) is 1. The van der Waals surface area contributed by atoms with Crippen LogP contribution in [0.1, 0.15) is 13.3 Å². The van der Waals surface area contributed by atoms with E-state index < -0.39 is 0 Å². The summed E-state index contributed by atoms with van der Waals surface area (Å²) in [5.74, 6) is 2.11. The molecule has 0 aromatic heterocycles. The molecule has 3 atom stereocenters. The molecule has 0 aromatic carbocycles. The summed E-state index contributed by atoms with van der Waals surface area (Å²) in [5.41, 5.74) is 0. The van der Waals surface area contributed by atoms with Crippen molar-refractivity contribution in [3.8, 4) is 0 Å². The van der Waals surface area contributed by atoms with Gasteiger partial charge in [0, 0.05) is 18.5 Å². The Morgan fingerprint density at radius 3 is 2.33 bits per heavy atom. The Kier molecular flexibility index (Phi) is 1.27. The van der Waals surface area contributed by atoms with Crippen LogP contribution < -0.4 is 0 Å². The molecule has 1 heterocycles. The van der Waals surface area contributed by atoms with Crippen LogP contribution in [-0.4, -0.2) is 23.4 Å². The summed E-state index contributed by atoms with van der Waals surface area (Å²) in [4.78, 5) is 2.46. The largest absolute Gasteiger partial charge is 0.291 e. The van der Waals surface area contributed by atoms with Crippen LogP contribution >= 0.6 is 12.6 Å². The standard InChI is InChI=1S/C7H13NS/c1-5(9)8-3-6-2-7(6)4-8/h5-7,9H,2-4H2,1H3. The fraction of sp³-hybridized carbons (Fsp3) is 1.00. The van der Waals surface area contributed by atoms with Crippen molar-refractivity contribution in [2.24, 2.45) is 11.8 Å². The molecule has 0 N–H and O–H groups in total. The molecule has 1 saturated heterocycles. The van der Waals surface area contributed by atoms with Gasteiger partial charge >= 0.3 is 0 Å². The zero-order valence-corrected chi connectivity index (χ0v) is 6.64. The van der Waals surface area contributed by atoms with Crippen LogP contribution in [-0.2, 0) is 0 Å². The lowest BCUT2D eigenvalue weighted by atomic mass is 10.4. The summed E-state index contributed by atoms with van der Waals surface area (Å²) >= 11 is 4.38. The van der Waals surface area contributed by atoms with E-state index in [-0.39, 0.29) is 0 Å². The predicted molar refractivity (Wildman–Crippen MR) is 41.6 cm³/mol. The smallest absolute Gasteiger partial charge is 0.0499 e. The Hall–Kier alpha value is 0.310. The third kappa shape index (κ3) is 0.987. The second-order valence-corrected chi connectivity index (χ2v) is 4.09. The molecule has 0 amide bonds. The van der Waals surface area contributed by atoms with Gasteiger partial charge in [-0.05, 0) is 25.2 Å². The zero-order valence-electron chi connectivity index (χ0n) is 5.75. The summed E-state index contributed by atoms with van der Waals surface area (Å²) in [6.07, 6.45) is 1.50. The Balaban J connectivity index is 1.90. The number of fused-ring (bicyclic) bond motifs is 1. The van der Waals surface area contributed by atoms with E-state index >= 15 is 0 Å². The Labute approximate surface area is 61.8 Å². The van der Waals surface area contributed by atoms with Crippen LogP contribution in [0.2, 0.25) is 0 Å². The van der Waals surface area contributed by atoms with Crippen LogP contribution in [0, 0.1) is 11.8 Å². The van der Waals surface area contributed by atoms with Crippen molar-refractivity contribution >= 4 is 12.6 Å². The zero-order chi connectivity index (χ0) is 6.43. The maximum atomic E-state index is 4.38. The fourth-order valence-corrected chi connectivity index (χ4v) is 1.93. The normalized spacial score (nSPS) is 44.7. The van der Waals surface area contributed by atoms with E-state index in [1.54, 1.807) is 0 Å². The van der Waals surface area contributed by atoms with Crippen molar-refractivity contribution in [2.45, 2.75) is 18.7 Å². The molecule has 1 saturated carbocycles. The van der Waals surface area contributed by atoms with E-state index in [0.717, 1.165) is 11.8 Å².